The van der Waals surface area contributed by atoms with Gasteiger partial charge >= 0.3 is 0 Å². The van der Waals surface area contributed by atoms with Crippen LogP contribution in [0.1, 0.15) is 71.6 Å². The Bertz CT molecular complexity index is 454. The fraction of sp³-hybridized carbons (Fsp3) is 0.952. The highest BCUT2D eigenvalue weighted by atomic mass is 16.5. The zero-order valence-electron chi connectivity index (χ0n) is 16.8. The first-order valence-electron chi connectivity index (χ1n) is 10.8. The predicted molar refractivity (Wildman–Crippen MR) is 102 cm³/mol. The van der Waals surface area contributed by atoms with Crippen LogP contribution in [-0.4, -0.2) is 63.3 Å². The van der Waals surface area contributed by atoms with E-state index in [9.17, 15) is 25.2 Å². The number of aliphatic hydroxyl groups excluding tert-OH is 4. The minimum Gasteiger partial charge on any atom is -0.394 e. The molecule has 0 aromatic rings. The lowest BCUT2D eigenvalue weighted by Crippen LogP contribution is -2.61. The monoisotopic (exact) mass is 386 g/mol. The third-order valence-electron chi connectivity index (χ3n) is 6.53. The maximum absolute atomic E-state index is 12.9. The molecule has 0 spiro atoms. The number of carbonyl (C=O) groups excluding carboxylic acids is 1. The summed E-state index contributed by atoms with van der Waals surface area (Å²) in [5.41, 5.74) is 0. The molecule has 0 aromatic heterocycles. The molecule has 158 valence electrons. The minimum atomic E-state index is -1.41. The summed E-state index contributed by atoms with van der Waals surface area (Å²) in [7, 11) is 0. The van der Waals surface area contributed by atoms with Gasteiger partial charge in [-0.3, -0.25) is 4.79 Å². The summed E-state index contributed by atoms with van der Waals surface area (Å²) in [6.07, 6.45) is 3.06. The second kappa shape index (κ2) is 10.9. The number of hydrogen-bond donors (Lipinski definition) is 4. The van der Waals surface area contributed by atoms with Crippen molar-refractivity contribution in [2.45, 2.75) is 102 Å². The van der Waals surface area contributed by atoms with Crippen LogP contribution in [0.2, 0.25) is 0 Å². The molecule has 2 rings (SSSR count). The van der Waals surface area contributed by atoms with Crippen LogP contribution < -0.4 is 0 Å². The van der Waals surface area contributed by atoms with Crippen molar-refractivity contribution in [3.05, 3.63) is 0 Å². The highest BCUT2D eigenvalue weighted by Gasteiger charge is 2.50. The maximum Gasteiger partial charge on any atom is 0.138 e. The Balaban J connectivity index is 2.10. The van der Waals surface area contributed by atoms with Crippen molar-refractivity contribution < 1.29 is 30.0 Å². The first-order chi connectivity index (χ1) is 12.9. The number of aliphatic hydroxyl groups is 4. The summed E-state index contributed by atoms with van der Waals surface area (Å²) in [5, 5.41) is 39.9. The molecule has 8 atom stereocenters. The van der Waals surface area contributed by atoms with Crippen molar-refractivity contribution >= 4 is 5.78 Å². The van der Waals surface area contributed by atoms with Gasteiger partial charge in [0.1, 0.15) is 30.2 Å². The van der Waals surface area contributed by atoms with E-state index < -0.39 is 43.0 Å². The van der Waals surface area contributed by atoms with E-state index in [1.165, 1.54) is 6.42 Å². The Hall–Kier alpha value is -0.530. The van der Waals surface area contributed by atoms with E-state index in [1.807, 2.05) is 0 Å². The summed E-state index contributed by atoms with van der Waals surface area (Å²) >= 11 is 0. The van der Waals surface area contributed by atoms with Crippen LogP contribution in [0, 0.1) is 17.8 Å². The van der Waals surface area contributed by atoms with Crippen molar-refractivity contribution in [1.29, 1.82) is 0 Å². The average Bonchev–Trinajstić information content (AvgIpc) is 2.66. The van der Waals surface area contributed by atoms with Crippen LogP contribution >= 0.6 is 0 Å². The zero-order chi connectivity index (χ0) is 20.0. The Morgan fingerprint density at radius 1 is 0.926 bits per heavy atom. The number of unbranched alkanes of at least 4 members (excludes halogenated alkanes) is 3. The van der Waals surface area contributed by atoms with E-state index >= 15 is 0 Å². The molecule has 0 aromatic carbocycles. The molecule has 27 heavy (non-hydrogen) atoms. The third-order valence-corrected chi connectivity index (χ3v) is 6.53. The molecule has 2 fully saturated rings. The van der Waals surface area contributed by atoms with Gasteiger partial charge in [-0.05, 0) is 24.7 Å². The van der Waals surface area contributed by atoms with Crippen LogP contribution in [-0.2, 0) is 9.53 Å². The lowest BCUT2D eigenvalue weighted by Gasteiger charge is -2.46. The number of ketones is 1. The molecule has 0 radical (unpaired) electrons. The molecular weight excluding hydrogens is 348 g/mol. The van der Waals surface area contributed by atoms with Crippen LogP contribution in [0.3, 0.4) is 0 Å². The molecule has 1 aliphatic carbocycles. The Kier molecular flexibility index (Phi) is 9.16. The standard InChI is InChI=1S/C21H38O6/c1-3-5-7-9-14-11-16(23)15(10-13(14)8-6-4-2)21-20(26)19(25)18(24)17(12-22)27-21/h13-15,17-22,24-26H,3-12H2,1-2H3/t13-,14-,15+,17?,18?,19?,20?,21-/m1/s1. The van der Waals surface area contributed by atoms with Gasteiger partial charge in [0, 0.05) is 12.3 Å². The van der Waals surface area contributed by atoms with Gasteiger partial charge in [-0.25, -0.2) is 0 Å². The summed E-state index contributed by atoms with van der Waals surface area (Å²) in [4.78, 5) is 12.9. The van der Waals surface area contributed by atoms with Crippen molar-refractivity contribution in [2.75, 3.05) is 6.61 Å². The second-order valence-electron chi connectivity index (χ2n) is 8.46. The Morgan fingerprint density at radius 2 is 1.59 bits per heavy atom. The van der Waals surface area contributed by atoms with E-state index in [-0.39, 0.29) is 5.78 Å². The van der Waals surface area contributed by atoms with Crippen molar-refractivity contribution in [3.63, 3.8) is 0 Å². The molecule has 1 saturated carbocycles. The van der Waals surface area contributed by atoms with Gasteiger partial charge in [-0.15, -0.1) is 0 Å². The summed E-state index contributed by atoms with van der Waals surface area (Å²) < 4.78 is 5.70. The molecule has 1 saturated heterocycles. The number of hydrogen-bond acceptors (Lipinski definition) is 6. The molecule has 6 heteroatoms. The number of Topliss-reactive ketones (excluding diaryl/α,β-unsaturated/α-hetero) is 1. The Morgan fingerprint density at radius 3 is 2.22 bits per heavy atom. The quantitative estimate of drug-likeness (QED) is 0.450. The van der Waals surface area contributed by atoms with E-state index in [0.717, 1.165) is 38.5 Å². The summed E-state index contributed by atoms with van der Waals surface area (Å²) in [6, 6.07) is 0. The lowest BCUT2D eigenvalue weighted by atomic mass is 9.67. The van der Waals surface area contributed by atoms with E-state index in [4.69, 9.17) is 4.74 Å². The van der Waals surface area contributed by atoms with Gasteiger partial charge in [0.15, 0.2) is 0 Å². The largest absolute Gasteiger partial charge is 0.394 e. The van der Waals surface area contributed by atoms with Crippen molar-refractivity contribution in [1.82, 2.24) is 0 Å². The molecule has 4 unspecified atom stereocenters. The van der Waals surface area contributed by atoms with Gasteiger partial charge in [0.25, 0.3) is 0 Å². The van der Waals surface area contributed by atoms with Crippen molar-refractivity contribution in [3.8, 4) is 0 Å². The van der Waals surface area contributed by atoms with E-state index in [0.29, 0.717) is 24.7 Å². The normalized spacial score (nSPS) is 40.3. The van der Waals surface area contributed by atoms with Gasteiger partial charge in [0.2, 0.25) is 0 Å². The molecule has 1 heterocycles. The Labute approximate surface area is 162 Å². The molecule has 0 bridgehead atoms. The van der Waals surface area contributed by atoms with Gasteiger partial charge in [0.05, 0.1) is 12.7 Å². The molecule has 2 aliphatic rings. The minimum absolute atomic E-state index is 0.0774. The SMILES string of the molecule is CCCCC[C@@H]1CC(=O)[C@@H]([C@H]2OC(CO)C(O)C(O)C2O)C[C@H]1CCCC. The van der Waals surface area contributed by atoms with Crippen molar-refractivity contribution in [2.24, 2.45) is 17.8 Å². The smallest absolute Gasteiger partial charge is 0.138 e. The first kappa shape index (κ1) is 22.8. The number of rotatable bonds is 9. The third kappa shape index (κ3) is 5.51. The lowest BCUT2D eigenvalue weighted by molar-refractivity contribution is -0.242. The van der Waals surface area contributed by atoms with Crippen LogP contribution in [0.15, 0.2) is 0 Å². The molecule has 4 N–H and O–H groups in total. The first-order valence-corrected chi connectivity index (χ1v) is 10.8. The summed E-state index contributed by atoms with van der Waals surface area (Å²) in [5.74, 6) is 0.391. The predicted octanol–water partition coefficient (Wildman–Crippen LogP) is 1.81. The molecular formula is C21H38O6. The van der Waals surface area contributed by atoms with E-state index in [2.05, 4.69) is 13.8 Å². The van der Waals surface area contributed by atoms with Crippen LogP contribution in [0.5, 0.6) is 0 Å². The van der Waals surface area contributed by atoms with Gasteiger partial charge in [-0.1, -0.05) is 52.4 Å². The molecule has 1 aliphatic heterocycles. The van der Waals surface area contributed by atoms with Gasteiger partial charge < -0.3 is 25.2 Å². The maximum atomic E-state index is 12.9. The number of ether oxygens (including phenoxy) is 1. The molecule has 0 amide bonds. The summed E-state index contributed by atoms with van der Waals surface area (Å²) in [6.45, 7) is 3.88. The fourth-order valence-corrected chi connectivity index (χ4v) is 4.82. The number of carbonyl (C=O) groups is 1. The fourth-order valence-electron chi connectivity index (χ4n) is 4.82. The van der Waals surface area contributed by atoms with Crippen LogP contribution in [0.25, 0.3) is 0 Å². The zero-order valence-corrected chi connectivity index (χ0v) is 16.8. The molecule has 6 nitrogen and oxygen atoms in total. The van der Waals surface area contributed by atoms with Crippen LogP contribution in [0.4, 0.5) is 0 Å². The highest BCUT2D eigenvalue weighted by Crippen LogP contribution is 2.41. The second-order valence-corrected chi connectivity index (χ2v) is 8.46. The topological polar surface area (TPSA) is 107 Å². The highest BCUT2D eigenvalue weighted by molar-refractivity contribution is 5.82. The van der Waals surface area contributed by atoms with E-state index in [1.54, 1.807) is 0 Å². The van der Waals surface area contributed by atoms with Gasteiger partial charge in [-0.2, -0.15) is 0 Å². The average molecular weight is 387 g/mol.